The molecule has 0 aromatic heterocycles. The van der Waals surface area contributed by atoms with Crippen LogP contribution in [-0.4, -0.2) is 209 Å². The second-order valence-electron chi connectivity index (χ2n) is 18.8. The van der Waals surface area contributed by atoms with E-state index in [4.69, 9.17) is 11.5 Å². The molecule has 30 heteroatoms. The van der Waals surface area contributed by atoms with Gasteiger partial charge in [-0.1, -0.05) is 48.5 Å². The molecule has 0 fully saturated rings. The van der Waals surface area contributed by atoms with Crippen LogP contribution in [0, 0.1) is 17.8 Å². The molecule has 0 aliphatic carbocycles. The van der Waals surface area contributed by atoms with Crippen molar-refractivity contribution in [1.29, 1.82) is 0 Å². The second kappa shape index (κ2) is 31.9. The van der Waals surface area contributed by atoms with Crippen LogP contribution in [-0.2, 0) is 68.9 Å². The van der Waals surface area contributed by atoms with Gasteiger partial charge >= 0.3 is 11.9 Å². The number of rotatable bonds is 39. The summed E-state index contributed by atoms with van der Waals surface area (Å²) in [5, 5.41) is 28.9. The predicted octanol–water partition coefficient (Wildman–Crippen LogP) is -2.48. The lowest BCUT2D eigenvalue weighted by Gasteiger charge is -2.31. The molecule has 416 valence electrons. The van der Waals surface area contributed by atoms with Crippen LogP contribution in [0.4, 0.5) is 0 Å². The first-order chi connectivity index (χ1) is 32.6. The van der Waals surface area contributed by atoms with E-state index in [-0.39, 0.29) is 63.0 Å². The van der Waals surface area contributed by atoms with Crippen LogP contribution in [0.25, 0.3) is 0 Å². The number of carboxylic acid groups (broad SMARTS) is 2. The Morgan fingerprint density at radius 3 is 1.21 bits per heavy atom. The van der Waals surface area contributed by atoms with Crippen molar-refractivity contribution in [2.45, 2.75) is 119 Å². The summed E-state index contributed by atoms with van der Waals surface area (Å²) < 4.78 is 111. The molecule has 4 amide bonds. The Kier molecular flexibility index (Phi) is 30.2. The zero-order valence-corrected chi connectivity index (χ0v) is 45.9. The minimum Gasteiger partial charge on any atom is -0.481 e. The van der Waals surface area contributed by atoms with Crippen molar-refractivity contribution in [3.63, 3.8) is 0 Å². The van der Waals surface area contributed by atoms with Gasteiger partial charge in [-0.05, 0) is 43.9 Å². The third kappa shape index (κ3) is 28.4. The molecule has 0 rings (SSSR count). The van der Waals surface area contributed by atoms with Crippen LogP contribution in [0.1, 0.15) is 94.4 Å². The molecule has 0 unspecified atom stereocenters. The number of hydrogen-bond acceptors (Lipinski definition) is 16. The number of hydrogen-bond donors (Lipinski definition) is 8. The van der Waals surface area contributed by atoms with E-state index in [9.17, 15) is 72.7 Å². The molecular formula is C41H82N10O16S4. The molecule has 0 aromatic carbocycles. The monoisotopic (exact) mass is 1100 g/mol. The van der Waals surface area contributed by atoms with Gasteiger partial charge in [0.1, 0.15) is 0 Å². The molecule has 0 heterocycles. The lowest BCUT2D eigenvalue weighted by Crippen LogP contribution is -2.54. The van der Waals surface area contributed by atoms with Crippen LogP contribution in [0.2, 0.25) is 0 Å². The summed E-state index contributed by atoms with van der Waals surface area (Å²) in [5.74, 6) is -8.43. The van der Waals surface area contributed by atoms with Gasteiger partial charge in [-0.3, -0.25) is 28.8 Å². The van der Waals surface area contributed by atoms with Crippen molar-refractivity contribution in [2.24, 2.45) is 29.2 Å². The number of sulfonamides is 4. The third-order valence-electron chi connectivity index (χ3n) is 10.2. The lowest BCUT2D eigenvalue weighted by molar-refractivity contribution is -0.138. The van der Waals surface area contributed by atoms with E-state index in [1.54, 1.807) is 48.5 Å². The van der Waals surface area contributed by atoms with Gasteiger partial charge < -0.3 is 42.9 Å². The van der Waals surface area contributed by atoms with Crippen molar-refractivity contribution < 1.29 is 72.7 Å². The average molecular weight is 1100 g/mol. The second-order valence-corrected chi connectivity index (χ2v) is 27.0. The normalized spacial score (nSPS) is 14.5. The van der Waals surface area contributed by atoms with Crippen molar-refractivity contribution in [2.75, 3.05) is 88.5 Å². The zero-order chi connectivity index (χ0) is 55.1. The zero-order valence-electron chi connectivity index (χ0n) is 42.7. The fourth-order valence-corrected chi connectivity index (χ4v) is 13.6. The summed E-state index contributed by atoms with van der Waals surface area (Å²) in [7, 11) is -16.7. The number of carbonyl (C=O) groups excluding carboxylic acids is 4. The van der Waals surface area contributed by atoms with Gasteiger partial charge in [0.2, 0.25) is 63.7 Å². The Balaban J connectivity index is 6.65. The molecule has 0 saturated carbocycles. The predicted molar refractivity (Wildman–Crippen MR) is 267 cm³/mol. The van der Waals surface area contributed by atoms with Crippen molar-refractivity contribution in [3.05, 3.63) is 0 Å². The first kappa shape index (κ1) is 67.4. The SMILES string of the molecule is CCN(C[C@H](CCC(=O)O)NC(=O)CN(C[C@H](C)NC(=O)CN(C[C@H](CC(C)C)NC(=O)CN(C[C@H](CCC(=O)O)NC(C)=O)S(=O)(=O)CCN)S(=O)(=O)CCN)S(=O)(=O)CC(C)C)S(=O)(=O)CC(C)C. The molecule has 0 aliphatic rings. The third-order valence-corrected chi connectivity index (χ3v) is 18.3. The number of nitrogens with two attached hydrogens (primary N) is 2. The number of aliphatic carboxylic acids is 2. The Morgan fingerprint density at radius 1 is 0.493 bits per heavy atom. The van der Waals surface area contributed by atoms with Crippen LogP contribution < -0.4 is 32.7 Å². The van der Waals surface area contributed by atoms with Crippen LogP contribution in [0.5, 0.6) is 0 Å². The molecule has 10 N–H and O–H groups in total. The summed E-state index contributed by atoms with van der Waals surface area (Å²) in [4.78, 5) is 75.6. The van der Waals surface area contributed by atoms with Gasteiger partial charge in [-0.25, -0.2) is 38.0 Å². The molecule has 0 radical (unpaired) electrons. The first-order valence-electron chi connectivity index (χ1n) is 23.5. The van der Waals surface area contributed by atoms with E-state index >= 15 is 0 Å². The maximum Gasteiger partial charge on any atom is 0.303 e. The minimum absolute atomic E-state index is 0.0145. The van der Waals surface area contributed by atoms with Gasteiger partial charge in [-0.2, -0.15) is 12.9 Å². The standard InChI is InChI=1S/C41H82N10O16S4/c1-10-48(70(64,65)27-30(4)5)21-35(12-14-41(58)59)46-38(54)25-49(71(66,67)28-31(6)7)20-32(8)44-37(53)24-51(69(62,63)18-16-43)23-36(19-29(2)3)47-39(55)26-50(68(60,61)17-15-42)22-34(45-33(9)52)11-13-40(56)57/h29-32,34-36H,10-28,42-43H2,1-9H3,(H,44,53)(H,45,52)(H,46,54)(H,47,55)(H,56,57)(H,58,59)/t32-,34-,35-,36-/m0/s1. The Morgan fingerprint density at radius 2 is 0.845 bits per heavy atom. The van der Waals surface area contributed by atoms with Gasteiger partial charge in [0.05, 0.1) is 42.6 Å². The van der Waals surface area contributed by atoms with E-state index in [2.05, 4.69) is 21.3 Å². The van der Waals surface area contributed by atoms with E-state index in [1.807, 2.05) is 0 Å². The van der Waals surface area contributed by atoms with Gasteiger partial charge in [0.25, 0.3) is 0 Å². The number of nitrogens with one attached hydrogen (secondary N) is 4. The number of carbonyl (C=O) groups is 6. The molecule has 0 bridgehead atoms. The number of amides is 4. The Labute approximate surface area is 421 Å². The smallest absolute Gasteiger partial charge is 0.303 e. The maximum absolute atomic E-state index is 13.7. The molecule has 26 nitrogen and oxygen atoms in total. The van der Waals surface area contributed by atoms with Crippen molar-refractivity contribution in [3.8, 4) is 0 Å². The van der Waals surface area contributed by atoms with Crippen molar-refractivity contribution in [1.82, 2.24) is 38.5 Å². The van der Waals surface area contributed by atoms with Gasteiger partial charge in [0, 0.05) is 89.7 Å². The summed E-state index contributed by atoms with van der Waals surface area (Å²) in [6, 6.07) is -4.15. The average Bonchev–Trinajstić information content (AvgIpc) is 3.18. The molecule has 4 atom stereocenters. The molecular weight excluding hydrogens is 1020 g/mol. The fourth-order valence-electron chi connectivity index (χ4n) is 7.36. The van der Waals surface area contributed by atoms with Crippen LogP contribution in [0.3, 0.4) is 0 Å². The maximum atomic E-state index is 13.7. The summed E-state index contributed by atoms with van der Waals surface area (Å²) >= 11 is 0. The summed E-state index contributed by atoms with van der Waals surface area (Å²) in [5.41, 5.74) is 11.2. The fraction of sp³-hybridized carbons (Fsp3) is 0.854. The molecule has 0 aromatic rings. The highest BCUT2D eigenvalue weighted by Crippen LogP contribution is 2.15. The number of carboxylic acids is 2. The topological polar surface area (TPSA) is 393 Å². The Bertz CT molecular complexity index is 2180. The van der Waals surface area contributed by atoms with E-state index in [0.29, 0.717) is 0 Å². The van der Waals surface area contributed by atoms with E-state index < -0.39 is 175 Å². The number of likely N-dealkylation sites (N-methyl/N-ethyl adjacent to an activating group) is 1. The quantitative estimate of drug-likeness (QED) is 0.0316. The summed E-state index contributed by atoms with van der Waals surface area (Å²) in [6.45, 7) is 9.36. The van der Waals surface area contributed by atoms with E-state index in [1.165, 1.54) is 6.92 Å². The highest BCUT2D eigenvalue weighted by atomic mass is 32.2. The number of nitrogens with zero attached hydrogens (tertiary/aromatic N) is 4. The lowest BCUT2D eigenvalue weighted by atomic mass is 10.0. The largest absolute Gasteiger partial charge is 0.481 e. The molecule has 0 aliphatic heterocycles. The van der Waals surface area contributed by atoms with Crippen molar-refractivity contribution >= 4 is 75.7 Å². The highest BCUT2D eigenvalue weighted by Gasteiger charge is 2.34. The minimum atomic E-state index is -4.34. The highest BCUT2D eigenvalue weighted by molar-refractivity contribution is 7.89. The Hall–Kier alpha value is -3.62. The van der Waals surface area contributed by atoms with Crippen LogP contribution >= 0.6 is 0 Å². The molecule has 71 heavy (non-hydrogen) atoms. The van der Waals surface area contributed by atoms with Gasteiger partial charge in [-0.15, -0.1) is 0 Å². The molecule has 0 saturated heterocycles. The van der Waals surface area contributed by atoms with Gasteiger partial charge in [0.15, 0.2) is 0 Å². The molecule has 0 spiro atoms. The first-order valence-corrected chi connectivity index (χ1v) is 29.9. The summed E-state index contributed by atoms with van der Waals surface area (Å²) in [6.07, 6.45) is -1.12. The van der Waals surface area contributed by atoms with E-state index in [0.717, 1.165) is 24.1 Å². The van der Waals surface area contributed by atoms with Crippen LogP contribution in [0.15, 0.2) is 0 Å².